The first-order valence-corrected chi connectivity index (χ1v) is 39.1. The molecule has 119 heavy (non-hydrogen) atoms. The Morgan fingerprint density at radius 3 is 0.622 bits per heavy atom. The van der Waals surface area contributed by atoms with Crippen LogP contribution < -0.4 is 0 Å². The van der Waals surface area contributed by atoms with E-state index >= 15 is 0 Å². The van der Waals surface area contributed by atoms with Gasteiger partial charge < -0.3 is 64.5 Å². The van der Waals surface area contributed by atoms with Crippen molar-refractivity contribution >= 4 is 21.5 Å². The van der Waals surface area contributed by atoms with Gasteiger partial charge in [0.15, 0.2) is 0 Å². The van der Waals surface area contributed by atoms with Gasteiger partial charge in [-0.3, -0.25) is 9.67 Å². The first-order valence-electron chi connectivity index (χ1n) is 41.1. The topological polar surface area (TPSA) is 82.3 Å². The molecule has 12 rings (SSSR count). The van der Waals surface area contributed by atoms with Crippen LogP contribution in [0.3, 0.4) is 0 Å². The maximum absolute atomic E-state index is 5.09. The van der Waals surface area contributed by atoms with E-state index in [2.05, 4.69) is 317 Å². The second-order valence-electron chi connectivity index (χ2n) is 32.3. The summed E-state index contributed by atoms with van der Waals surface area (Å²) in [5, 5.41) is 9.64. The van der Waals surface area contributed by atoms with Crippen molar-refractivity contribution in [3.05, 3.63) is 304 Å². The standard InChI is InChI=1S/2C25H30N.2C19H24N.C14H18N3.6CH3.4Ir.8H2/c2*1-12-11-22(17(6)14(3)13(12)2)25-24-19(8)16(5)15(4)18(7)23(24)20(9)21(10)26-25;2*1-10-9-18(15(6)12(3)11(10)2)19-16(7)13(4)14(5)17(8)20-19;1-8-7-13(11(4)10(3)9(8)2)14-15-12(5)16-17(14)6;;;;;;;;;;;;;;;;;;/h2*1-10H3;2*1-8H3;1-6H3;6*1H3;;;;;8*1H/q11*-1;;3*+3;;;;;;;;/i;;;;;;;;;;;;;;;2*1+1D;6*1+1. The number of benzene rings is 7. The molecule has 0 amide bonds. The number of hydrogen-bond acceptors (Lipinski definition) is 6. The molecule has 0 aliphatic heterocycles. The van der Waals surface area contributed by atoms with Crippen LogP contribution in [0.5, 0.6) is 0 Å². The van der Waals surface area contributed by atoms with Crippen molar-refractivity contribution in [3.8, 4) is 56.4 Å². The van der Waals surface area contributed by atoms with Crippen LogP contribution in [0.4, 0.5) is 0 Å². The Bertz CT molecular complexity index is 5370. The van der Waals surface area contributed by atoms with E-state index in [1.807, 2.05) is 18.7 Å². The van der Waals surface area contributed by atoms with Crippen LogP contribution in [-0.4, -0.2) is 34.7 Å². The van der Waals surface area contributed by atoms with Gasteiger partial charge in [-0.25, -0.2) is 0 Å². The zero-order valence-corrected chi connectivity index (χ0v) is 92.0. The minimum Gasteiger partial charge on any atom is -0.358 e. The zero-order chi connectivity index (χ0) is 86.1. The second kappa shape index (κ2) is 45.7. The molecule has 7 aromatic carbocycles. The Morgan fingerprint density at radius 1 is 0.202 bits per heavy atom. The molecule has 0 fully saturated rings. The third-order valence-electron chi connectivity index (χ3n) is 26.8. The Labute approximate surface area is 796 Å². The fourth-order valence-electron chi connectivity index (χ4n) is 15.6. The minimum absolute atomic E-state index is 0. The predicted octanol–water partition coefficient (Wildman–Crippen LogP) is 31.1. The van der Waals surface area contributed by atoms with E-state index in [0.717, 1.165) is 85.0 Å². The van der Waals surface area contributed by atoms with E-state index in [9.17, 15) is 0 Å². The number of pyridine rings is 4. The molecular formula is C108H160Ir4N7-2. The molecule has 0 atom stereocenters. The summed E-state index contributed by atoms with van der Waals surface area (Å²) in [7, 11) is 1.92. The first-order chi connectivity index (χ1) is 52.6. The van der Waals surface area contributed by atoms with Crippen LogP contribution in [0.15, 0.2) is 0 Å². The average Bonchev–Trinajstić information content (AvgIpc) is 1.09. The summed E-state index contributed by atoms with van der Waals surface area (Å²) < 4.78 is 21.8. The van der Waals surface area contributed by atoms with Crippen LogP contribution in [-0.2, 0) is 87.5 Å². The SMILES string of the molecule is Cc1[c-]c(-c2nc(C)c(C)c(C)c2C)c(C)c(C)c1C.Cc1[c-]c(-c2nc(C)c(C)c(C)c2C)c(C)c(C)c1C.Cc1[c-]c(-c2nc(C)c(C)c3c(C)c(C)c(C)c(C)c23)c(C)c(C)c1C.Cc1[c-]c(-c2nc(C)c(C)c3c(C)c(C)c(C)c(C)c23)c(C)c(C)c1C.Cc1nc(-c2[c-]c(C)c(C)c(C)c2C)n(C)n1.[2HH].[2HH].[2HH].[2HH].[2HH].[2HH].[2H][2H].[2H][2H].[CH3-].[CH3-].[CH3-].[CH3-].[CH3-].[CH3-].[Ir+3].[Ir+3].[Ir+3].[Ir]. The summed E-state index contributed by atoms with van der Waals surface area (Å²) in [5.41, 5.74) is 61.8. The van der Waals surface area contributed by atoms with Crippen LogP contribution >= 0.6 is 0 Å². The predicted molar refractivity (Wildman–Crippen MR) is 524 cm³/mol. The summed E-state index contributed by atoms with van der Waals surface area (Å²) >= 11 is 0. The summed E-state index contributed by atoms with van der Waals surface area (Å²) in [5.74, 6) is 1.69. The fourth-order valence-corrected chi connectivity index (χ4v) is 15.6. The number of nitrogens with zero attached hydrogens (tertiary/aromatic N) is 7. The fraction of sp³-hybridized carbons (Fsp3) is 0.389. The summed E-state index contributed by atoms with van der Waals surface area (Å²) in [4.78, 5) is 24.3. The first kappa shape index (κ1) is 112. The molecule has 0 spiro atoms. The van der Waals surface area contributed by atoms with Crippen molar-refractivity contribution in [2.45, 2.75) is 284 Å². The average molecular weight is 2340 g/mol. The van der Waals surface area contributed by atoms with Crippen molar-refractivity contribution in [1.82, 2.24) is 34.7 Å². The number of rotatable bonds is 5. The number of hydrogen-bond donors (Lipinski definition) is 0. The Balaban J connectivity index is -0.000000145. The van der Waals surface area contributed by atoms with Crippen LogP contribution in [0.1, 0.15) is 243 Å². The number of aromatic nitrogens is 7. The third-order valence-corrected chi connectivity index (χ3v) is 26.8. The molecule has 5 heterocycles. The Morgan fingerprint density at radius 2 is 0.387 bits per heavy atom. The monoisotopic (exact) mass is 2340 g/mol. The van der Waals surface area contributed by atoms with E-state index < -0.39 is 0 Å². The third kappa shape index (κ3) is 22.1. The number of aryl methyl sites for hydroxylation is 17. The molecule has 7 nitrogen and oxygen atoms in total. The minimum atomic E-state index is 0. The van der Waals surface area contributed by atoms with Crippen molar-refractivity contribution in [2.75, 3.05) is 0 Å². The molecule has 665 valence electrons. The Hall–Kier alpha value is -6.60. The van der Waals surface area contributed by atoms with Gasteiger partial charge in [0, 0.05) is 64.4 Å². The maximum Gasteiger partial charge on any atom is 3.00 e. The molecule has 0 aliphatic rings. The second-order valence-corrected chi connectivity index (χ2v) is 32.3. The molecule has 0 saturated carbocycles. The van der Waals surface area contributed by atoms with E-state index in [0.29, 0.717) is 0 Å². The molecule has 5 aromatic heterocycles. The van der Waals surface area contributed by atoms with Crippen LogP contribution in [0, 0.1) is 359 Å². The van der Waals surface area contributed by atoms with E-state index in [4.69, 9.17) is 25.9 Å². The molecule has 0 aliphatic carbocycles. The van der Waals surface area contributed by atoms with Crippen molar-refractivity contribution in [3.63, 3.8) is 0 Å². The Kier molecular flexibility index (Phi) is 43.1. The molecule has 0 unspecified atom stereocenters. The van der Waals surface area contributed by atoms with Crippen molar-refractivity contribution in [2.24, 2.45) is 7.05 Å². The van der Waals surface area contributed by atoms with Crippen LogP contribution in [0.2, 0.25) is 0 Å². The van der Waals surface area contributed by atoms with Gasteiger partial charge in [0.2, 0.25) is 0 Å². The van der Waals surface area contributed by atoms with E-state index in [1.165, 1.54) is 222 Å². The van der Waals surface area contributed by atoms with Gasteiger partial charge in [-0.05, 0) is 256 Å². The molecule has 11 heteroatoms. The van der Waals surface area contributed by atoms with Crippen molar-refractivity contribution < 1.29 is 94.9 Å². The molecule has 12 aromatic rings. The van der Waals surface area contributed by atoms with Crippen LogP contribution in [0.25, 0.3) is 78.0 Å². The molecule has 0 bridgehead atoms. The molecule has 0 N–H and O–H groups in total. The molecular weight excluding hydrogens is 2160 g/mol. The smallest absolute Gasteiger partial charge is 0.358 e. The van der Waals surface area contributed by atoms with Gasteiger partial charge in [-0.15, -0.1) is 169 Å². The largest absolute Gasteiger partial charge is 3.00 e. The normalized spacial score (nSPS) is 10.4. The number of fused-ring (bicyclic) bond motifs is 2. The maximum atomic E-state index is 5.09. The molecule has 0 saturated heterocycles. The quantitative estimate of drug-likeness (QED) is 0.160. The van der Waals surface area contributed by atoms with Crippen molar-refractivity contribution in [1.29, 1.82) is 0 Å². The van der Waals surface area contributed by atoms with Gasteiger partial charge in [-0.2, -0.15) is 5.10 Å². The molecule has 1 radical (unpaired) electrons. The van der Waals surface area contributed by atoms with Gasteiger partial charge in [-0.1, -0.05) is 161 Å². The summed E-state index contributed by atoms with van der Waals surface area (Å²) in [6.07, 6.45) is 0. The van der Waals surface area contributed by atoms with Gasteiger partial charge in [0.25, 0.3) is 0 Å². The zero-order valence-electron chi connectivity index (χ0n) is 86.5. The van der Waals surface area contributed by atoms with Gasteiger partial charge >= 0.3 is 60.3 Å². The van der Waals surface area contributed by atoms with Gasteiger partial charge in [0.05, 0.1) is 5.82 Å². The van der Waals surface area contributed by atoms with E-state index in [1.54, 1.807) is 0 Å². The summed E-state index contributed by atoms with van der Waals surface area (Å²) in [6.45, 7) is 89.1. The summed E-state index contributed by atoms with van der Waals surface area (Å²) in [6, 6.07) is 17.9. The van der Waals surface area contributed by atoms with Gasteiger partial charge in [0.1, 0.15) is 5.82 Å². The van der Waals surface area contributed by atoms with E-state index in [-0.39, 0.29) is 134 Å².